The number of allylic oxidation sites excluding steroid dienone is 2. The molecule has 1 heterocycles. The van der Waals surface area contributed by atoms with Crippen molar-refractivity contribution in [2.75, 3.05) is 0 Å². The summed E-state index contributed by atoms with van der Waals surface area (Å²) in [6.07, 6.45) is 4.80. The molecule has 0 aromatic rings. The second-order valence-corrected chi connectivity index (χ2v) is 7.03. The number of ether oxygens (including phenoxy) is 2. The highest BCUT2D eigenvalue weighted by molar-refractivity contribution is 5.09. The van der Waals surface area contributed by atoms with Gasteiger partial charge < -0.3 is 9.47 Å². The summed E-state index contributed by atoms with van der Waals surface area (Å²) in [6, 6.07) is 0. The van der Waals surface area contributed by atoms with Gasteiger partial charge in [-0.05, 0) is 46.0 Å². The predicted molar refractivity (Wildman–Crippen MR) is 74.3 cm³/mol. The van der Waals surface area contributed by atoms with Crippen LogP contribution in [0.2, 0.25) is 0 Å². The summed E-state index contributed by atoms with van der Waals surface area (Å²) in [7, 11) is 0. The Morgan fingerprint density at radius 3 is 2.44 bits per heavy atom. The van der Waals surface area contributed by atoms with E-state index < -0.39 is 0 Å². The standard InChI is InChI=1S/C16H28O2/c1-10-7-11(2)14(12(3)8-10)15-17-13(4)9-16(5,6)18-15/h7,11-15H,8-9H2,1-6H3/t11-,12-,13+,14-,15-/m1/s1. The Morgan fingerprint density at radius 2 is 1.89 bits per heavy atom. The van der Waals surface area contributed by atoms with Crippen LogP contribution >= 0.6 is 0 Å². The summed E-state index contributed by atoms with van der Waals surface area (Å²) < 4.78 is 12.3. The van der Waals surface area contributed by atoms with E-state index in [9.17, 15) is 0 Å². The minimum Gasteiger partial charge on any atom is -0.349 e. The molecule has 104 valence electrons. The number of hydrogen-bond acceptors (Lipinski definition) is 2. The lowest BCUT2D eigenvalue weighted by Crippen LogP contribution is -2.49. The van der Waals surface area contributed by atoms with Crippen molar-refractivity contribution in [3.63, 3.8) is 0 Å². The average Bonchev–Trinajstić information content (AvgIpc) is 2.11. The maximum atomic E-state index is 6.21. The first kappa shape index (κ1) is 14.1. The number of rotatable bonds is 1. The lowest BCUT2D eigenvalue weighted by Gasteiger charge is -2.46. The second-order valence-electron chi connectivity index (χ2n) is 7.03. The van der Waals surface area contributed by atoms with Gasteiger partial charge in [0.25, 0.3) is 0 Å². The van der Waals surface area contributed by atoms with Gasteiger partial charge in [0.05, 0.1) is 11.7 Å². The molecule has 2 rings (SSSR count). The SMILES string of the molecule is CC1=C[C@@H](C)[C@@H]([C@@H]2O[C@@H](C)CC(C)(C)O2)[C@H](C)C1. The highest BCUT2D eigenvalue weighted by Gasteiger charge is 2.42. The van der Waals surface area contributed by atoms with Gasteiger partial charge in [-0.3, -0.25) is 0 Å². The summed E-state index contributed by atoms with van der Waals surface area (Å²) >= 11 is 0. The van der Waals surface area contributed by atoms with Gasteiger partial charge in [0.2, 0.25) is 0 Å². The topological polar surface area (TPSA) is 18.5 Å². The summed E-state index contributed by atoms with van der Waals surface area (Å²) in [5.74, 6) is 1.66. The molecule has 1 saturated heterocycles. The molecule has 0 aromatic heterocycles. The molecule has 0 bridgehead atoms. The lowest BCUT2D eigenvalue weighted by atomic mass is 9.74. The average molecular weight is 252 g/mol. The highest BCUT2D eigenvalue weighted by atomic mass is 16.7. The van der Waals surface area contributed by atoms with Gasteiger partial charge >= 0.3 is 0 Å². The third kappa shape index (κ3) is 2.97. The molecule has 18 heavy (non-hydrogen) atoms. The maximum absolute atomic E-state index is 6.21. The summed E-state index contributed by atoms with van der Waals surface area (Å²) in [4.78, 5) is 0. The zero-order valence-electron chi connectivity index (χ0n) is 12.7. The molecule has 0 amide bonds. The van der Waals surface area contributed by atoms with E-state index in [4.69, 9.17) is 9.47 Å². The normalized spacial score (nSPS) is 44.6. The number of hydrogen-bond donors (Lipinski definition) is 0. The zero-order valence-corrected chi connectivity index (χ0v) is 12.7. The van der Waals surface area contributed by atoms with Gasteiger partial charge in [0.15, 0.2) is 6.29 Å². The van der Waals surface area contributed by atoms with Crippen LogP contribution in [0.3, 0.4) is 0 Å². The van der Waals surface area contributed by atoms with Crippen LogP contribution in [0.5, 0.6) is 0 Å². The van der Waals surface area contributed by atoms with Gasteiger partial charge in [-0.15, -0.1) is 0 Å². The van der Waals surface area contributed by atoms with E-state index in [-0.39, 0.29) is 11.9 Å². The molecule has 1 fully saturated rings. The van der Waals surface area contributed by atoms with Crippen molar-refractivity contribution in [2.45, 2.75) is 72.4 Å². The van der Waals surface area contributed by atoms with Gasteiger partial charge in [-0.2, -0.15) is 0 Å². The fourth-order valence-electron chi connectivity index (χ4n) is 3.84. The van der Waals surface area contributed by atoms with Crippen LogP contribution in [-0.2, 0) is 9.47 Å². The Hall–Kier alpha value is -0.340. The third-order valence-corrected chi connectivity index (χ3v) is 4.35. The second kappa shape index (κ2) is 4.97. The van der Waals surface area contributed by atoms with Crippen molar-refractivity contribution in [1.29, 1.82) is 0 Å². The third-order valence-electron chi connectivity index (χ3n) is 4.35. The predicted octanol–water partition coefficient (Wildman–Crippen LogP) is 4.15. The fraction of sp³-hybridized carbons (Fsp3) is 0.875. The van der Waals surface area contributed by atoms with Gasteiger partial charge in [0.1, 0.15) is 0 Å². The monoisotopic (exact) mass is 252 g/mol. The van der Waals surface area contributed by atoms with Crippen LogP contribution in [0.4, 0.5) is 0 Å². The Labute approximate surface area is 112 Å². The van der Waals surface area contributed by atoms with Crippen LogP contribution < -0.4 is 0 Å². The van der Waals surface area contributed by atoms with E-state index in [1.165, 1.54) is 12.0 Å². The van der Waals surface area contributed by atoms with Crippen molar-refractivity contribution < 1.29 is 9.47 Å². The molecule has 0 saturated carbocycles. The minimum atomic E-state index is -0.0576. The fourth-order valence-corrected chi connectivity index (χ4v) is 3.84. The molecular weight excluding hydrogens is 224 g/mol. The van der Waals surface area contributed by atoms with E-state index in [0.717, 1.165) is 6.42 Å². The molecular formula is C16H28O2. The maximum Gasteiger partial charge on any atom is 0.162 e. The van der Waals surface area contributed by atoms with Gasteiger partial charge in [-0.1, -0.05) is 25.5 Å². The molecule has 0 radical (unpaired) electrons. The minimum absolute atomic E-state index is 0.0434. The molecule has 0 aromatic carbocycles. The first-order chi connectivity index (χ1) is 8.28. The Kier molecular flexibility index (Phi) is 3.89. The van der Waals surface area contributed by atoms with Crippen LogP contribution in [-0.4, -0.2) is 18.0 Å². The summed E-state index contributed by atoms with van der Waals surface area (Å²) in [6.45, 7) is 13.4. The van der Waals surface area contributed by atoms with Crippen molar-refractivity contribution in [2.24, 2.45) is 17.8 Å². The Bertz CT molecular complexity index is 332. The van der Waals surface area contributed by atoms with E-state index in [1.54, 1.807) is 0 Å². The molecule has 0 N–H and O–H groups in total. The van der Waals surface area contributed by atoms with E-state index >= 15 is 0 Å². The Balaban J connectivity index is 2.15. The first-order valence-corrected chi connectivity index (χ1v) is 7.29. The smallest absolute Gasteiger partial charge is 0.162 e. The molecule has 1 aliphatic heterocycles. The van der Waals surface area contributed by atoms with Gasteiger partial charge in [-0.25, -0.2) is 0 Å². The molecule has 0 unspecified atom stereocenters. The molecule has 2 nitrogen and oxygen atoms in total. The van der Waals surface area contributed by atoms with Crippen molar-refractivity contribution >= 4 is 0 Å². The van der Waals surface area contributed by atoms with Crippen molar-refractivity contribution in [3.05, 3.63) is 11.6 Å². The van der Waals surface area contributed by atoms with Crippen LogP contribution in [0.25, 0.3) is 0 Å². The molecule has 2 aliphatic rings. The highest BCUT2D eigenvalue weighted by Crippen LogP contribution is 2.41. The Morgan fingerprint density at radius 1 is 1.22 bits per heavy atom. The van der Waals surface area contributed by atoms with E-state index in [2.05, 4.69) is 47.6 Å². The van der Waals surface area contributed by atoms with E-state index in [0.29, 0.717) is 23.9 Å². The van der Waals surface area contributed by atoms with E-state index in [1.807, 2.05) is 0 Å². The quantitative estimate of drug-likeness (QED) is 0.653. The lowest BCUT2D eigenvalue weighted by molar-refractivity contribution is -0.296. The molecule has 1 aliphatic carbocycles. The largest absolute Gasteiger partial charge is 0.349 e. The summed E-state index contributed by atoms with van der Waals surface area (Å²) in [5.41, 5.74) is 1.45. The van der Waals surface area contributed by atoms with Crippen molar-refractivity contribution in [1.82, 2.24) is 0 Å². The van der Waals surface area contributed by atoms with Crippen LogP contribution in [0.15, 0.2) is 11.6 Å². The first-order valence-electron chi connectivity index (χ1n) is 7.29. The molecule has 5 atom stereocenters. The zero-order chi connectivity index (χ0) is 13.5. The van der Waals surface area contributed by atoms with Crippen LogP contribution in [0.1, 0.15) is 54.4 Å². The van der Waals surface area contributed by atoms with Gasteiger partial charge in [0, 0.05) is 12.3 Å². The van der Waals surface area contributed by atoms with Crippen molar-refractivity contribution in [3.8, 4) is 0 Å². The molecule has 0 spiro atoms. The molecule has 2 heteroatoms. The van der Waals surface area contributed by atoms with Crippen LogP contribution in [0, 0.1) is 17.8 Å². The summed E-state index contributed by atoms with van der Waals surface area (Å²) in [5, 5.41) is 0.